The van der Waals surface area contributed by atoms with Gasteiger partial charge in [-0.1, -0.05) is 46.3 Å². The second-order valence-corrected chi connectivity index (χ2v) is 6.30. The number of benzene rings is 1. The maximum absolute atomic E-state index is 11.8. The number of nitrogens with one attached hydrogen (secondary N) is 1. The maximum atomic E-state index is 11.8. The summed E-state index contributed by atoms with van der Waals surface area (Å²) < 4.78 is 5.29. The van der Waals surface area contributed by atoms with Crippen LogP contribution in [-0.4, -0.2) is 23.1 Å². The number of hydrogen-bond acceptors (Lipinski definition) is 2. The molecule has 0 aliphatic rings. The number of halogens is 1. The maximum Gasteiger partial charge on any atom is 0.407 e. The lowest BCUT2D eigenvalue weighted by Gasteiger charge is -2.23. The Hall–Kier alpha value is -1.03. The Morgan fingerprint density at radius 2 is 1.95 bits per heavy atom. The Morgan fingerprint density at radius 3 is 2.47 bits per heavy atom. The van der Waals surface area contributed by atoms with E-state index >= 15 is 0 Å². The Labute approximate surface area is 123 Å². The first-order valence-electron chi connectivity index (χ1n) is 6.50. The zero-order valence-electron chi connectivity index (χ0n) is 11.8. The van der Waals surface area contributed by atoms with Crippen LogP contribution < -0.4 is 5.32 Å². The third-order valence-corrected chi connectivity index (χ3v) is 2.96. The fraction of sp³-hybridized carbons (Fsp3) is 0.533. The molecule has 0 radical (unpaired) electrons. The molecule has 1 N–H and O–H groups in total. The van der Waals surface area contributed by atoms with Gasteiger partial charge in [-0.2, -0.15) is 0 Å². The number of ether oxygens (including phenoxy) is 1. The molecule has 1 amide bonds. The van der Waals surface area contributed by atoms with Crippen molar-refractivity contribution >= 4 is 22.0 Å². The molecular weight excluding hydrogens is 306 g/mol. The normalized spacial score (nSPS) is 12.8. The number of rotatable bonds is 5. The van der Waals surface area contributed by atoms with Crippen LogP contribution in [0, 0.1) is 0 Å². The Morgan fingerprint density at radius 1 is 1.32 bits per heavy atom. The predicted octanol–water partition coefficient (Wildman–Crippen LogP) is 3.91. The van der Waals surface area contributed by atoms with Crippen molar-refractivity contribution in [3.8, 4) is 0 Å². The smallest absolute Gasteiger partial charge is 0.407 e. The molecule has 0 saturated carbocycles. The minimum absolute atomic E-state index is 0.0802. The van der Waals surface area contributed by atoms with Gasteiger partial charge in [0.2, 0.25) is 0 Å². The summed E-state index contributed by atoms with van der Waals surface area (Å²) in [5.41, 5.74) is 0.750. The second-order valence-electron chi connectivity index (χ2n) is 5.51. The molecule has 1 atom stereocenters. The van der Waals surface area contributed by atoms with Gasteiger partial charge in [0.15, 0.2) is 0 Å². The van der Waals surface area contributed by atoms with Crippen LogP contribution in [0.3, 0.4) is 0 Å². The fourth-order valence-electron chi connectivity index (χ4n) is 1.73. The first kappa shape index (κ1) is 16.0. The second kappa shape index (κ2) is 7.53. The average Bonchev–Trinajstić information content (AvgIpc) is 2.27. The number of carbonyl (C=O) groups is 1. The number of amides is 1. The van der Waals surface area contributed by atoms with Gasteiger partial charge in [0.05, 0.1) is 0 Å². The molecule has 0 aromatic heterocycles. The van der Waals surface area contributed by atoms with Gasteiger partial charge in [0.25, 0.3) is 0 Å². The SMILES string of the molecule is CC(C)(C)OC(=O)N[C@@H](CCBr)Cc1ccccc1. The van der Waals surface area contributed by atoms with Crippen molar-refractivity contribution in [2.24, 2.45) is 0 Å². The molecule has 0 fully saturated rings. The van der Waals surface area contributed by atoms with E-state index in [1.165, 1.54) is 5.56 Å². The van der Waals surface area contributed by atoms with E-state index in [2.05, 4.69) is 33.4 Å². The topological polar surface area (TPSA) is 38.3 Å². The van der Waals surface area contributed by atoms with Crippen LogP contribution in [0.2, 0.25) is 0 Å². The molecule has 3 nitrogen and oxygen atoms in total. The summed E-state index contributed by atoms with van der Waals surface area (Å²) in [6.45, 7) is 5.59. The van der Waals surface area contributed by atoms with Crippen molar-refractivity contribution in [1.82, 2.24) is 5.32 Å². The van der Waals surface area contributed by atoms with Crippen LogP contribution in [-0.2, 0) is 11.2 Å². The average molecular weight is 328 g/mol. The summed E-state index contributed by atoms with van der Waals surface area (Å²) in [6, 6.07) is 10.2. The Bertz CT molecular complexity index is 387. The highest BCUT2D eigenvalue weighted by Gasteiger charge is 2.19. The number of alkyl carbamates (subject to hydrolysis) is 1. The van der Waals surface area contributed by atoms with Gasteiger partial charge in [0, 0.05) is 11.4 Å². The standard InChI is InChI=1S/C15H22BrNO2/c1-15(2,3)19-14(18)17-13(9-10-16)11-12-7-5-4-6-8-12/h4-8,13H,9-11H2,1-3H3,(H,17,18)/t13-/m0/s1. The Balaban J connectivity index is 2.55. The Kier molecular flexibility index (Phi) is 6.35. The molecule has 1 aromatic carbocycles. The van der Waals surface area contributed by atoms with Gasteiger partial charge in [0.1, 0.15) is 5.60 Å². The van der Waals surface area contributed by atoms with E-state index in [1.54, 1.807) is 0 Å². The van der Waals surface area contributed by atoms with Crippen LogP contribution >= 0.6 is 15.9 Å². The van der Waals surface area contributed by atoms with Crippen molar-refractivity contribution in [2.75, 3.05) is 5.33 Å². The summed E-state index contributed by atoms with van der Waals surface area (Å²) in [5.74, 6) is 0. The molecule has 0 saturated heterocycles. The monoisotopic (exact) mass is 327 g/mol. The zero-order valence-corrected chi connectivity index (χ0v) is 13.4. The van der Waals surface area contributed by atoms with Gasteiger partial charge < -0.3 is 10.1 Å². The quantitative estimate of drug-likeness (QED) is 0.833. The van der Waals surface area contributed by atoms with Crippen molar-refractivity contribution < 1.29 is 9.53 Å². The molecule has 19 heavy (non-hydrogen) atoms. The van der Waals surface area contributed by atoms with Gasteiger partial charge >= 0.3 is 6.09 Å². The third kappa shape index (κ3) is 7.21. The van der Waals surface area contributed by atoms with Gasteiger partial charge in [-0.15, -0.1) is 0 Å². The fourth-order valence-corrected chi connectivity index (χ4v) is 2.28. The zero-order chi connectivity index (χ0) is 14.3. The molecule has 0 heterocycles. The number of alkyl halides is 1. The van der Waals surface area contributed by atoms with E-state index in [1.807, 2.05) is 39.0 Å². The highest BCUT2D eigenvalue weighted by atomic mass is 79.9. The third-order valence-electron chi connectivity index (χ3n) is 2.50. The first-order chi connectivity index (χ1) is 8.90. The molecular formula is C15H22BrNO2. The molecule has 0 aliphatic heterocycles. The van der Waals surface area contributed by atoms with E-state index in [0.717, 1.165) is 18.2 Å². The predicted molar refractivity (Wildman–Crippen MR) is 81.7 cm³/mol. The lowest BCUT2D eigenvalue weighted by Crippen LogP contribution is -2.40. The highest BCUT2D eigenvalue weighted by molar-refractivity contribution is 9.09. The lowest BCUT2D eigenvalue weighted by atomic mass is 10.0. The summed E-state index contributed by atoms with van der Waals surface area (Å²) in [6.07, 6.45) is 1.33. The molecule has 0 bridgehead atoms. The van der Waals surface area contributed by atoms with Crippen molar-refractivity contribution in [2.45, 2.75) is 45.3 Å². The molecule has 0 aliphatic carbocycles. The minimum Gasteiger partial charge on any atom is -0.444 e. The lowest BCUT2D eigenvalue weighted by molar-refractivity contribution is 0.0503. The van der Waals surface area contributed by atoms with Crippen LogP contribution in [0.1, 0.15) is 32.8 Å². The number of hydrogen-bond donors (Lipinski definition) is 1. The molecule has 1 rings (SSSR count). The van der Waals surface area contributed by atoms with Crippen LogP contribution in [0.5, 0.6) is 0 Å². The van der Waals surface area contributed by atoms with E-state index in [0.29, 0.717) is 0 Å². The summed E-state index contributed by atoms with van der Waals surface area (Å²) in [7, 11) is 0. The van der Waals surface area contributed by atoms with Gasteiger partial charge in [-0.25, -0.2) is 4.79 Å². The summed E-state index contributed by atoms with van der Waals surface area (Å²) in [5, 5.41) is 3.78. The van der Waals surface area contributed by atoms with Crippen molar-refractivity contribution in [1.29, 1.82) is 0 Å². The van der Waals surface area contributed by atoms with Crippen molar-refractivity contribution in [3.63, 3.8) is 0 Å². The largest absolute Gasteiger partial charge is 0.444 e. The van der Waals surface area contributed by atoms with Crippen LogP contribution in [0.4, 0.5) is 4.79 Å². The first-order valence-corrected chi connectivity index (χ1v) is 7.62. The van der Waals surface area contributed by atoms with Crippen LogP contribution in [0.25, 0.3) is 0 Å². The van der Waals surface area contributed by atoms with E-state index < -0.39 is 5.60 Å². The summed E-state index contributed by atoms with van der Waals surface area (Å²) in [4.78, 5) is 11.8. The van der Waals surface area contributed by atoms with Gasteiger partial charge in [-0.3, -0.25) is 0 Å². The molecule has 0 spiro atoms. The van der Waals surface area contributed by atoms with Gasteiger partial charge in [-0.05, 0) is 39.2 Å². The minimum atomic E-state index is -0.463. The number of carbonyl (C=O) groups excluding carboxylic acids is 1. The van der Waals surface area contributed by atoms with E-state index in [-0.39, 0.29) is 12.1 Å². The molecule has 4 heteroatoms. The molecule has 106 valence electrons. The van der Waals surface area contributed by atoms with E-state index in [9.17, 15) is 4.79 Å². The molecule has 0 unspecified atom stereocenters. The molecule has 1 aromatic rings. The summed E-state index contributed by atoms with van der Waals surface area (Å²) >= 11 is 3.42. The van der Waals surface area contributed by atoms with Crippen molar-refractivity contribution in [3.05, 3.63) is 35.9 Å². The highest BCUT2D eigenvalue weighted by Crippen LogP contribution is 2.10. The van der Waals surface area contributed by atoms with Crippen LogP contribution in [0.15, 0.2) is 30.3 Å². The van der Waals surface area contributed by atoms with E-state index in [4.69, 9.17) is 4.74 Å².